The van der Waals surface area contributed by atoms with Gasteiger partial charge in [-0.15, -0.1) is 0 Å². The Balaban J connectivity index is 1.39. The number of aromatic nitrogens is 1. The molecule has 1 aromatic carbocycles. The number of piperazine rings is 1. The van der Waals surface area contributed by atoms with Crippen molar-refractivity contribution in [2.45, 2.75) is 19.8 Å². The minimum absolute atomic E-state index is 0.0635. The van der Waals surface area contributed by atoms with Crippen LogP contribution < -0.4 is 9.80 Å². The Bertz CT molecular complexity index is 810. The highest BCUT2D eigenvalue weighted by Crippen LogP contribution is 2.22. The van der Waals surface area contributed by atoms with Crippen LogP contribution in [0.1, 0.15) is 30.3 Å². The predicted molar refractivity (Wildman–Crippen MR) is 114 cm³/mol. The highest BCUT2D eigenvalue weighted by Gasteiger charge is 2.24. The molecule has 4 rings (SSSR count). The largest absolute Gasteiger partial charge is 0.368 e. The highest BCUT2D eigenvalue weighted by atomic mass is 35.5. The molecule has 1 amide bonds. The molecule has 0 bridgehead atoms. The Morgan fingerprint density at radius 3 is 2.25 bits per heavy atom. The summed E-state index contributed by atoms with van der Waals surface area (Å²) in [5.41, 5.74) is 1.76. The van der Waals surface area contributed by atoms with E-state index in [9.17, 15) is 4.79 Å². The molecule has 0 aliphatic carbocycles. The van der Waals surface area contributed by atoms with E-state index in [0.717, 1.165) is 63.0 Å². The SMILES string of the molecule is CC1CCN(C(=O)c2cccc(N3CCN(c4ccc(Cl)cc4)CC3)n2)CC1. The van der Waals surface area contributed by atoms with Gasteiger partial charge in [-0.3, -0.25) is 4.79 Å². The smallest absolute Gasteiger partial charge is 0.272 e. The monoisotopic (exact) mass is 398 g/mol. The van der Waals surface area contributed by atoms with E-state index in [2.05, 4.69) is 28.9 Å². The molecule has 28 heavy (non-hydrogen) atoms. The molecule has 2 fully saturated rings. The molecule has 5 nitrogen and oxygen atoms in total. The third-order valence-electron chi connectivity index (χ3n) is 5.82. The second-order valence-electron chi connectivity index (χ2n) is 7.81. The number of carbonyl (C=O) groups excluding carboxylic acids is 1. The standard InChI is InChI=1S/C22H27ClN4O/c1-17-9-11-27(12-10-17)22(28)20-3-2-4-21(24-20)26-15-13-25(14-16-26)19-7-5-18(23)6-8-19/h2-8,17H,9-16H2,1H3. The van der Waals surface area contributed by atoms with Crippen molar-refractivity contribution in [2.24, 2.45) is 5.92 Å². The lowest BCUT2D eigenvalue weighted by Gasteiger charge is -2.37. The Labute approximate surface area is 171 Å². The highest BCUT2D eigenvalue weighted by molar-refractivity contribution is 6.30. The molecular weight excluding hydrogens is 372 g/mol. The van der Waals surface area contributed by atoms with E-state index in [1.165, 1.54) is 5.69 Å². The first-order valence-electron chi connectivity index (χ1n) is 10.1. The van der Waals surface area contributed by atoms with Crippen LogP contribution >= 0.6 is 11.6 Å². The first-order chi connectivity index (χ1) is 13.6. The summed E-state index contributed by atoms with van der Waals surface area (Å²) in [7, 11) is 0. The van der Waals surface area contributed by atoms with Gasteiger partial charge in [-0.2, -0.15) is 0 Å². The summed E-state index contributed by atoms with van der Waals surface area (Å²) >= 11 is 5.99. The molecule has 148 valence electrons. The van der Waals surface area contributed by atoms with Crippen LogP contribution in [0.25, 0.3) is 0 Å². The number of nitrogens with zero attached hydrogens (tertiary/aromatic N) is 4. The van der Waals surface area contributed by atoms with Gasteiger partial charge < -0.3 is 14.7 Å². The van der Waals surface area contributed by atoms with Gasteiger partial charge in [0.05, 0.1) is 0 Å². The normalized spacial score (nSPS) is 18.4. The molecule has 2 aliphatic heterocycles. The molecular formula is C22H27ClN4O. The summed E-state index contributed by atoms with van der Waals surface area (Å²) in [5.74, 6) is 1.67. The average Bonchev–Trinajstić information content (AvgIpc) is 2.75. The molecule has 1 aromatic heterocycles. The first kappa shape index (κ1) is 19.1. The van der Waals surface area contributed by atoms with E-state index in [-0.39, 0.29) is 5.91 Å². The van der Waals surface area contributed by atoms with Gasteiger partial charge in [0.2, 0.25) is 0 Å². The van der Waals surface area contributed by atoms with Gasteiger partial charge in [-0.05, 0) is 55.2 Å². The number of piperidine rings is 1. The number of carbonyl (C=O) groups is 1. The lowest BCUT2D eigenvalue weighted by atomic mass is 9.99. The number of pyridine rings is 1. The molecule has 0 saturated carbocycles. The van der Waals surface area contributed by atoms with E-state index in [1.54, 1.807) is 0 Å². The predicted octanol–water partition coefficient (Wildman–Crippen LogP) is 3.93. The summed E-state index contributed by atoms with van der Waals surface area (Å²) in [5, 5.41) is 0.760. The van der Waals surface area contributed by atoms with Crippen molar-refractivity contribution in [1.29, 1.82) is 0 Å². The minimum atomic E-state index is 0.0635. The Hall–Kier alpha value is -2.27. The number of halogens is 1. The van der Waals surface area contributed by atoms with Crippen LogP contribution in [-0.2, 0) is 0 Å². The summed E-state index contributed by atoms with van der Waals surface area (Å²) in [4.78, 5) is 24.1. The molecule has 0 radical (unpaired) electrons. The van der Waals surface area contributed by atoms with Crippen molar-refractivity contribution in [1.82, 2.24) is 9.88 Å². The topological polar surface area (TPSA) is 39.7 Å². The van der Waals surface area contributed by atoms with E-state index < -0.39 is 0 Å². The third kappa shape index (κ3) is 4.25. The number of hydrogen-bond donors (Lipinski definition) is 0. The van der Waals surface area contributed by atoms with Gasteiger partial charge in [0, 0.05) is 50.0 Å². The minimum Gasteiger partial charge on any atom is -0.368 e. The number of likely N-dealkylation sites (tertiary alicyclic amines) is 1. The second kappa shape index (κ2) is 8.39. The van der Waals surface area contributed by atoms with Crippen LogP contribution in [0, 0.1) is 5.92 Å². The van der Waals surface area contributed by atoms with Gasteiger partial charge in [-0.1, -0.05) is 24.6 Å². The average molecular weight is 399 g/mol. The number of hydrogen-bond acceptors (Lipinski definition) is 4. The van der Waals surface area contributed by atoms with Gasteiger partial charge in [0.1, 0.15) is 11.5 Å². The van der Waals surface area contributed by atoms with Crippen molar-refractivity contribution < 1.29 is 4.79 Å². The van der Waals surface area contributed by atoms with Crippen LogP contribution in [0.15, 0.2) is 42.5 Å². The summed E-state index contributed by atoms with van der Waals surface area (Å²) in [6.07, 6.45) is 2.16. The molecule has 3 heterocycles. The molecule has 2 saturated heterocycles. The van der Waals surface area contributed by atoms with Gasteiger partial charge in [0.25, 0.3) is 5.91 Å². The molecule has 2 aliphatic rings. The maximum atomic E-state index is 12.8. The summed E-state index contributed by atoms with van der Waals surface area (Å²) in [6.45, 7) is 7.54. The fraction of sp³-hybridized carbons (Fsp3) is 0.455. The summed E-state index contributed by atoms with van der Waals surface area (Å²) in [6, 6.07) is 13.8. The number of amides is 1. The molecule has 0 N–H and O–H groups in total. The number of anilines is 2. The van der Waals surface area contributed by atoms with Crippen LogP contribution in [-0.4, -0.2) is 55.1 Å². The fourth-order valence-corrected chi connectivity index (χ4v) is 4.06. The second-order valence-corrected chi connectivity index (χ2v) is 8.24. The first-order valence-corrected chi connectivity index (χ1v) is 10.5. The van der Waals surface area contributed by atoms with Crippen molar-refractivity contribution in [3.8, 4) is 0 Å². The lowest BCUT2D eigenvalue weighted by Crippen LogP contribution is -2.47. The Kier molecular flexibility index (Phi) is 5.72. The number of rotatable bonds is 3. The zero-order valence-electron chi connectivity index (χ0n) is 16.4. The maximum Gasteiger partial charge on any atom is 0.272 e. The van der Waals surface area contributed by atoms with Crippen molar-refractivity contribution in [3.05, 3.63) is 53.2 Å². The molecule has 0 spiro atoms. The van der Waals surface area contributed by atoms with E-state index in [1.807, 2.05) is 35.2 Å². The van der Waals surface area contributed by atoms with Crippen LogP contribution in [0.4, 0.5) is 11.5 Å². The van der Waals surface area contributed by atoms with Crippen molar-refractivity contribution in [3.63, 3.8) is 0 Å². The van der Waals surface area contributed by atoms with E-state index >= 15 is 0 Å². The quantitative estimate of drug-likeness (QED) is 0.785. The van der Waals surface area contributed by atoms with Gasteiger partial charge in [-0.25, -0.2) is 4.98 Å². The van der Waals surface area contributed by atoms with Crippen LogP contribution in [0.5, 0.6) is 0 Å². The Morgan fingerprint density at radius 2 is 1.57 bits per heavy atom. The molecule has 6 heteroatoms. The summed E-state index contributed by atoms with van der Waals surface area (Å²) < 4.78 is 0. The van der Waals surface area contributed by atoms with Gasteiger partial charge >= 0.3 is 0 Å². The molecule has 0 atom stereocenters. The molecule has 2 aromatic rings. The van der Waals surface area contributed by atoms with Crippen LogP contribution in [0.2, 0.25) is 5.02 Å². The molecule has 0 unspecified atom stereocenters. The maximum absolute atomic E-state index is 12.8. The van der Waals surface area contributed by atoms with E-state index in [0.29, 0.717) is 11.6 Å². The Morgan fingerprint density at radius 1 is 0.929 bits per heavy atom. The van der Waals surface area contributed by atoms with E-state index in [4.69, 9.17) is 16.6 Å². The van der Waals surface area contributed by atoms with Crippen molar-refractivity contribution in [2.75, 3.05) is 49.1 Å². The van der Waals surface area contributed by atoms with Crippen molar-refractivity contribution >= 4 is 29.0 Å². The third-order valence-corrected chi connectivity index (χ3v) is 6.07. The zero-order chi connectivity index (χ0) is 19.5. The lowest BCUT2D eigenvalue weighted by molar-refractivity contribution is 0.0691. The fourth-order valence-electron chi connectivity index (χ4n) is 3.94. The van der Waals surface area contributed by atoms with Crippen LogP contribution in [0.3, 0.4) is 0 Å². The number of benzene rings is 1. The van der Waals surface area contributed by atoms with Gasteiger partial charge in [0.15, 0.2) is 0 Å². The zero-order valence-corrected chi connectivity index (χ0v) is 17.1.